The van der Waals surface area contributed by atoms with Crippen LogP contribution in [0.15, 0.2) is 5.11 Å². The lowest BCUT2D eigenvalue weighted by molar-refractivity contribution is -0.229. The van der Waals surface area contributed by atoms with Gasteiger partial charge in [0.2, 0.25) is 0 Å². The number of carbonyl (C=O) groups excluding carboxylic acids is 4. The molecule has 3 saturated heterocycles. The van der Waals surface area contributed by atoms with Gasteiger partial charge in [-0.25, -0.2) is 4.79 Å². The average molecular weight is 634 g/mol. The Labute approximate surface area is 266 Å². The Morgan fingerprint density at radius 1 is 1.00 bits per heavy atom. The van der Waals surface area contributed by atoms with Gasteiger partial charge in [0.15, 0.2) is 23.8 Å². The van der Waals surface area contributed by atoms with Crippen LogP contribution in [-0.2, 0) is 33.3 Å². The smallest absolute Gasteiger partial charge is 0.410 e. The number of nitrogens with zero attached hydrogens (tertiary/aromatic N) is 5. The Balaban J connectivity index is 1.60. The summed E-state index contributed by atoms with van der Waals surface area (Å²) in [6.07, 6.45) is 1.07. The summed E-state index contributed by atoms with van der Waals surface area (Å²) in [7, 11) is 4.05. The van der Waals surface area contributed by atoms with Crippen molar-refractivity contribution < 1.29 is 38.1 Å². The zero-order chi connectivity index (χ0) is 33.2. The number of Topliss-reactive ketones (excluding diaryl/α,β-unsaturated/α-hetero) is 2. The largest absolute Gasteiger partial charge is 0.457 e. The second-order valence-corrected chi connectivity index (χ2v) is 13.9. The molecular weight excluding hydrogens is 582 g/mol. The number of carbonyl (C=O) groups is 4. The maximum Gasteiger partial charge on any atom is 0.410 e. The van der Waals surface area contributed by atoms with Gasteiger partial charge in [-0.2, -0.15) is 0 Å². The fourth-order valence-corrected chi connectivity index (χ4v) is 7.62. The monoisotopic (exact) mass is 633 g/mol. The van der Waals surface area contributed by atoms with Gasteiger partial charge >= 0.3 is 12.1 Å². The van der Waals surface area contributed by atoms with Gasteiger partial charge in [0.25, 0.3) is 0 Å². The van der Waals surface area contributed by atoms with Crippen LogP contribution in [-0.4, -0.2) is 103 Å². The standard InChI is InChI=1S/C32H51N5O8/c1-17-11-12-24(43-25-16-23(36(7)8)15-18(2)42-25)19(3)27(39)21(5)30(40)44-29-22(6)32(29)28(20(4)26(17)38)37(31(41)45-32)14-10-9-13-34-35-33/h17-25,28-29H,9-16H2,1-8H3/t17-,18?,19?,20+,21?,22?,23?,24+,25?,28?,29?,32+/m1/s1. The highest BCUT2D eigenvalue weighted by Gasteiger charge is 2.78. The van der Waals surface area contributed by atoms with Crippen LogP contribution < -0.4 is 0 Å². The molecule has 1 amide bonds. The van der Waals surface area contributed by atoms with E-state index in [2.05, 4.69) is 14.9 Å². The molecule has 3 heterocycles. The van der Waals surface area contributed by atoms with Gasteiger partial charge in [-0.15, -0.1) is 0 Å². The van der Waals surface area contributed by atoms with Crippen LogP contribution in [0.4, 0.5) is 4.79 Å². The van der Waals surface area contributed by atoms with Crippen LogP contribution in [0.3, 0.4) is 0 Å². The molecule has 3 aliphatic heterocycles. The topological polar surface area (TPSA) is 160 Å². The van der Waals surface area contributed by atoms with Gasteiger partial charge in [-0.1, -0.05) is 32.8 Å². The molecule has 0 aromatic heterocycles. The Hall–Kier alpha value is -2.73. The van der Waals surface area contributed by atoms with Crippen molar-refractivity contribution >= 4 is 23.6 Å². The summed E-state index contributed by atoms with van der Waals surface area (Å²) in [6, 6.07) is -0.384. The van der Waals surface area contributed by atoms with Gasteiger partial charge in [0, 0.05) is 54.1 Å². The Morgan fingerprint density at radius 2 is 1.71 bits per heavy atom. The molecule has 4 fully saturated rings. The number of hydrogen-bond donors (Lipinski definition) is 0. The Kier molecular flexibility index (Phi) is 11.2. The highest BCUT2D eigenvalue weighted by atomic mass is 16.7. The summed E-state index contributed by atoms with van der Waals surface area (Å²) in [6.45, 7) is 11.5. The molecule has 45 heavy (non-hydrogen) atoms. The van der Waals surface area contributed by atoms with Crippen LogP contribution in [0, 0.1) is 29.6 Å². The number of hydrogen-bond acceptors (Lipinski definition) is 10. The number of rotatable bonds is 8. The van der Waals surface area contributed by atoms with Crippen molar-refractivity contribution in [1.29, 1.82) is 0 Å². The predicted molar refractivity (Wildman–Crippen MR) is 164 cm³/mol. The summed E-state index contributed by atoms with van der Waals surface area (Å²) in [5.41, 5.74) is 7.41. The maximum atomic E-state index is 14.0. The number of ether oxygens (including phenoxy) is 4. The average Bonchev–Trinajstić information content (AvgIpc) is 3.40. The van der Waals surface area contributed by atoms with Crippen molar-refractivity contribution in [2.75, 3.05) is 27.2 Å². The minimum absolute atomic E-state index is 0.0184. The van der Waals surface area contributed by atoms with E-state index in [1.165, 1.54) is 0 Å². The molecule has 13 heteroatoms. The number of amides is 1. The molecule has 4 rings (SSSR count). The van der Waals surface area contributed by atoms with Crippen molar-refractivity contribution in [1.82, 2.24) is 9.80 Å². The van der Waals surface area contributed by atoms with E-state index in [4.69, 9.17) is 24.5 Å². The first-order valence-corrected chi connectivity index (χ1v) is 16.5. The first-order valence-electron chi connectivity index (χ1n) is 16.5. The first kappa shape index (κ1) is 35.1. The third-order valence-electron chi connectivity index (χ3n) is 10.6. The molecule has 0 aromatic rings. The maximum absolute atomic E-state index is 14.0. The molecule has 0 aromatic carbocycles. The highest BCUT2D eigenvalue weighted by Crippen LogP contribution is 2.58. The molecule has 13 nitrogen and oxygen atoms in total. The number of unbranched alkanes of at least 4 members (excludes halogenated alkanes) is 1. The van der Waals surface area contributed by atoms with Crippen molar-refractivity contribution in [3.63, 3.8) is 0 Å². The molecule has 1 spiro atoms. The lowest BCUT2D eigenvalue weighted by atomic mass is 9.81. The molecule has 4 aliphatic rings. The third-order valence-corrected chi connectivity index (χ3v) is 10.6. The molecule has 8 unspecified atom stereocenters. The molecular formula is C32H51N5O8. The number of esters is 1. The van der Waals surface area contributed by atoms with Crippen molar-refractivity contribution in [2.45, 2.75) is 122 Å². The van der Waals surface area contributed by atoms with E-state index in [0.717, 1.165) is 6.42 Å². The fraction of sp³-hybridized carbons (Fsp3) is 0.875. The third kappa shape index (κ3) is 7.16. The fourth-order valence-electron chi connectivity index (χ4n) is 7.62. The minimum Gasteiger partial charge on any atom is -0.457 e. The van der Waals surface area contributed by atoms with Gasteiger partial charge < -0.3 is 28.7 Å². The van der Waals surface area contributed by atoms with Crippen LogP contribution in [0.1, 0.15) is 80.1 Å². The number of ketones is 2. The van der Waals surface area contributed by atoms with Gasteiger partial charge in [-0.05, 0) is 65.6 Å². The molecule has 1 aliphatic carbocycles. The van der Waals surface area contributed by atoms with E-state index in [1.54, 1.807) is 18.7 Å². The van der Waals surface area contributed by atoms with Crippen LogP contribution in [0.2, 0.25) is 0 Å². The zero-order valence-corrected chi connectivity index (χ0v) is 28.0. The van der Waals surface area contributed by atoms with E-state index in [1.807, 2.05) is 41.8 Å². The van der Waals surface area contributed by atoms with Crippen LogP contribution >= 0.6 is 0 Å². The summed E-state index contributed by atoms with van der Waals surface area (Å²) < 4.78 is 24.5. The van der Waals surface area contributed by atoms with Crippen molar-refractivity contribution in [3.8, 4) is 0 Å². The van der Waals surface area contributed by atoms with Crippen LogP contribution in [0.5, 0.6) is 0 Å². The molecule has 252 valence electrons. The number of azide groups is 1. The van der Waals surface area contributed by atoms with Gasteiger partial charge in [-0.3, -0.25) is 14.4 Å². The van der Waals surface area contributed by atoms with Gasteiger partial charge in [0.05, 0.1) is 18.2 Å². The van der Waals surface area contributed by atoms with E-state index in [9.17, 15) is 19.2 Å². The highest BCUT2D eigenvalue weighted by molar-refractivity contribution is 6.00. The molecule has 0 radical (unpaired) electrons. The van der Waals surface area contributed by atoms with E-state index < -0.39 is 60.0 Å². The quantitative estimate of drug-likeness (QED) is 0.0935. The van der Waals surface area contributed by atoms with Gasteiger partial charge in [0.1, 0.15) is 11.7 Å². The SMILES string of the molecule is CC1CC(N(C)C)CC(O[C@H]2CC[C@@H](C)C(=O)[C@H](C)C3N(CCCCN=[N+]=[N-])C(=O)O[C@@]34C(C)C4OC(=O)C(C)C(=O)C2C)O1. The second-order valence-electron chi connectivity index (χ2n) is 13.9. The Bertz CT molecular complexity index is 1180. The predicted octanol–water partition coefficient (Wildman–Crippen LogP) is 4.51. The first-order chi connectivity index (χ1) is 21.2. The molecule has 12 atom stereocenters. The molecule has 0 bridgehead atoms. The summed E-state index contributed by atoms with van der Waals surface area (Å²) >= 11 is 0. The van der Waals surface area contributed by atoms with Crippen molar-refractivity contribution in [2.24, 2.45) is 34.7 Å². The normalized spacial score (nSPS) is 41.0. The Morgan fingerprint density at radius 3 is 2.38 bits per heavy atom. The van der Waals surface area contributed by atoms with Crippen molar-refractivity contribution in [3.05, 3.63) is 10.4 Å². The van der Waals surface area contributed by atoms with Crippen LogP contribution in [0.25, 0.3) is 10.4 Å². The molecule has 0 N–H and O–H groups in total. The lowest BCUT2D eigenvalue weighted by Crippen LogP contribution is -2.49. The van der Waals surface area contributed by atoms with E-state index in [0.29, 0.717) is 45.2 Å². The summed E-state index contributed by atoms with van der Waals surface area (Å²) in [4.78, 5) is 60.9. The van der Waals surface area contributed by atoms with E-state index in [-0.39, 0.29) is 35.5 Å². The molecule has 1 saturated carbocycles. The summed E-state index contributed by atoms with van der Waals surface area (Å²) in [5, 5.41) is 3.56. The minimum atomic E-state index is -1.17. The zero-order valence-electron chi connectivity index (χ0n) is 28.0. The second kappa shape index (κ2) is 14.4. The van der Waals surface area contributed by atoms with E-state index >= 15 is 0 Å². The summed E-state index contributed by atoms with van der Waals surface area (Å²) in [5.74, 6) is -4.04. The lowest BCUT2D eigenvalue weighted by Gasteiger charge is -2.39.